The lowest BCUT2D eigenvalue weighted by atomic mass is 10.1. The van der Waals surface area contributed by atoms with Crippen LogP contribution in [0.3, 0.4) is 0 Å². The van der Waals surface area contributed by atoms with Crippen molar-refractivity contribution in [3.05, 3.63) is 98.9 Å². The van der Waals surface area contributed by atoms with Gasteiger partial charge in [0, 0.05) is 55.9 Å². The predicted octanol–water partition coefficient (Wildman–Crippen LogP) is 4.30. The number of furan rings is 1. The summed E-state index contributed by atoms with van der Waals surface area (Å²) in [5.41, 5.74) is 1.14. The maximum absolute atomic E-state index is 15.3. The van der Waals surface area contributed by atoms with E-state index in [4.69, 9.17) is 16.0 Å². The number of nitrogens with zero attached hydrogens (tertiary/aromatic N) is 3. The Bertz CT molecular complexity index is 1540. The van der Waals surface area contributed by atoms with Crippen LogP contribution in [0.15, 0.2) is 70.2 Å². The first-order valence-electron chi connectivity index (χ1n) is 12.3. The van der Waals surface area contributed by atoms with Crippen LogP contribution in [0.25, 0.3) is 10.9 Å². The molecule has 4 aromatic rings. The number of pyridine rings is 1. The number of fused-ring (bicyclic) bond motifs is 1. The SMILES string of the molecule is CCn1cc(C(=O)NCc2ccc(Cl)cc2)c(=O)c2cc(F)c(N3CCN(C(=O)c4ccco4)CC3)cc21. The van der Waals surface area contributed by atoms with Crippen molar-refractivity contribution in [1.29, 1.82) is 0 Å². The second-order valence-electron chi connectivity index (χ2n) is 9.04. The van der Waals surface area contributed by atoms with E-state index in [-0.39, 0.29) is 29.2 Å². The molecule has 1 aliphatic heterocycles. The summed E-state index contributed by atoms with van der Waals surface area (Å²) in [6.07, 6.45) is 2.97. The van der Waals surface area contributed by atoms with Crippen molar-refractivity contribution < 1.29 is 18.4 Å². The molecule has 0 spiro atoms. The molecule has 0 saturated carbocycles. The molecule has 1 N–H and O–H groups in total. The molecule has 196 valence electrons. The number of aryl methyl sites for hydroxylation is 1. The van der Waals surface area contributed by atoms with E-state index in [2.05, 4.69) is 5.32 Å². The molecule has 0 bridgehead atoms. The molecule has 10 heteroatoms. The van der Waals surface area contributed by atoms with Gasteiger partial charge in [0.1, 0.15) is 11.4 Å². The summed E-state index contributed by atoms with van der Waals surface area (Å²) in [5, 5.41) is 3.48. The molecule has 0 unspecified atom stereocenters. The van der Waals surface area contributed by atoms with E-state index in [9.17, 15) is 14.4 Å². The third kappa shape index (κ3) is 5.02. The van der Waals surface area contributed by atoms with Crippen molar-refractivity contribution in [3.63, 3.8) is 0 Å². The van der Waals surface area contributed by atoms with E-state index < -0.39 is 17.2 Å². The van der Waals surface area contributed by atoms with Crippen LogP contribution >= 0.6 is 11.6 Å². The van der Waals surface area contributed by atoms with Gasteiger partial charge in [-0.1, -0.05) is 23.7 Å². The van der Waals surface area contributed by atoms with Gasteiger partial charge in [-0.05, 0) is 48.9 Å². The zero-order chi connectivity index (χ0) is 26.8. The lowest BCUT2D eigenvalue weighted by Crippen LogP contribution is -2.49. The molecule has 2 amide bonds. The van der Waals surface area contributed by atoms with Crippen LogP contribution < -0.4 is 15.6 Å². The Morgan fingerprint density at radius 2 is 1.82 bits per heavy atom. The highest BCUT2D eigenvalue weighted by Crippen LogP contribution is 2.27. The molecule has 0 aliphatic carbocycles. The highest BCUT2D eigenvalue weighted by molar-refractivity contribution is 6.30. The molecule has 8 nitrogen and oxygen atoms in total. The number of carbonyl (C=O) groups excluding carboxylic acids is 2. The number of piperazine rings is 1. The number of carbonyl (C=O) groups is 2. The van der Waals surface area contributed by atoms with Gasteiger partial charge in [0.05, 0.1) is 17.5 Å². The molecule has 3 heterocycles. The van der Waals surface area contributed by atoms with Gasteiger partial charge in [0.25, 0.3) is 11.8 Å². The van der Waals surface area contributed by atoms with Crippen molar-refractivity contribution >= 4 is 40.0 Å². The van der Waals surface area contributed by atoms with Gasteiger partial charge in [0.2, 0.25) is 5.43 Å². The van der Waals surface area contributed by atoms with Gasteiger partial charge >= 0.3 is 0 Å². The third-order valence-corrected chi connectivity index (χ3v) is 6.99. The average Bonchev–Trinajstić information content (AvgIpc) is 3.48. The predicted molar refractivity (Wildman–Crippen MR) is 143 cm³/mol. The fourth-order valence-corrected chi connectivity index (χ4v) is 4.78. The first-order chi connectivity index (χ1) is 18.4. The molecule has 2 aromatic heterocycles. The van der Waals surface area contributed by atoms with Crippen molar-refractivity contribution in [2.45, 2.75) is 20.0 Å². The van der Waals surface area contributed by atoms with E-state index in [0.29, 0.717) is 49.0 Å². The molecule has 2 aromatic carbocycles. The van der Waals surface area contributed by atoms with E-state index in [0.717, 1.165) is 5.56 Å². The molecular weight excluding hydrogens is 511 g/mol. The maximum atomic E-state index is 15.3. The normalized spacial score (nSPS) is 13.7. The third-order valence-electron chi connectivity index (χ3n) is 6.74. The molecule has 0 atom stereocenters. The zero-order valence-corrected chi connectivity index (χ0v) is 21.5. The summed E-state index contributed by atoms with van der Waals surface area (Å²) < 4.78 is 22.3. The van der Waals surface area contributed by atoms with Crippen molar-refractivity contribution in [3.8, 4) is 0 Å². The van der Waals surface area contributed by atoms with Crippen LogP contribution in [-0.2, 0) is 13.1 Å². The van der Waals surface area contributed by atoms with Gasteiger partial charge in [-0.15, -0.1) is 0 Å². The van der Waals surface area contributed by atoms with Gasteiger partial charge < -0.3 is 24.1 Å². The number of benzene rings is 2. The number of anilines is 1. The summed E-state index contributed by atoms with van der Waals surface area (Å²) in [6.45, 7) is 4.26. The maximum Gasteiger partial charge on any atom is 0.289 e. The highest BCUT2D eigenvalue weighted by Gasteiger charge is 2.26. The average molecular weight is 537 g/mol. The van der Waals surface area contributed by atoms with Gasteiger partial charge in [-0.2, -0.15) is 0 Å². The Balaban J connectivity index is 1.38. The van der Waals surface area contributed by atoms with Crippen molar-refractivity contribution in [2.75, 3.05) is 31.1 Å². The quantitative estimate of drug-likeness (QED) is 0.397. The lowest BCUT2D eigenvalue weighted by Gasteiger charge is -2.36. The van der Waals surface area contributed by atoms with Gasteiger partial charge in [0.15, 0.2) is 5.76 Å². The van der Waals surface area contributed by atoms with Crippen LogP contribution in [0.5, 0.6) is 0 Å². The Labute approximate surface area is 223 Å². The second-order valence-corrected chi connectivity index (χ2v) is 9.48. The van der Waals surface area contributed by atoms with Crippen molar-refractivity contribution in [1.82, 2.24) is 14.8 Å². The Hall–Kier alpha value is -4.11. The summed E-state index contributed by atoms with van der Waals surface area (Å²) in [6, 6.07) is 13.2. The minimum absolute atomic E-state index is 0.0504. The largest absolute Gasteiger partial charge is 0.459 e. The number of aromatic nitrogens is 1. The summed E-state index contributed by atoms with van der Waals surface area (Å²) in [5.74, 6) is -1.01. The number of hydrogen-bond acceptors (Lipinski definition) is 5. The first kappa shape index (κ1) is 25.5. The molecule has 5 rings (SSSR count). The summed E-state index contributed by atoms with van der Waals surface area (Å²) in [4.78, 5) is 42.2. The Morgan fingerprint density at radius 1 is 1.08 bits per heavy atom. The minimum Gasteiger partial charge on any atom is -0.459 e. The standard InChI is InChI=1S/C28H26ClFN4O4/c1-2-32-17-21(27(36)31-16-18-5-7-19(29)8-6-18)26(35)20-14-22(30)24(15-23(20)32)33-9-11-34(12-10-33)28(37)25-4-3-13-38-25/h3-8,13-15,17H,2,9-12,16H2,1H3,(H,31,36). The van der Waals surface area contributed by atoms with E-state index in [1.807, 2.05) is 11.8 Å². The second kappa shape index (κ2) is 10.7. The molecule has 1 fully saturated rings. The van der Waals surface area contributed by atoms with Crippen LogP contribution in [0, 0.1) is 5.82 Å². The minimum atomic E-state index is -0.554. The fraction of sp³-hybridized carbons (Fsp3) is 0.250. The highest BCUT2D eigenvalue weighted by atomic mass is 35.5. The summed E-state index contributed by atoms with van der Waals surface area (Å²) >= 11 is 5.91. The summed E-state index contributed by atoms with van der Waals surface area (Å²) in [7, 11) is 0. The Kier molecular flexibility index (Phi) is 7.20. The van der Waals surface area contributed by atoms with E-state index >= 15 is 4.39 Å². The smallest absolute Gasteiger partial charge is 0.289 e. The number of halogens is 2. The number of hydrogen-bond donors (Lipinski definition) is 1. The van der Waals surface area contributed by atoms with Crippen LogP contribution in [0.2, 0.25) is 5.02 Å². The number of rotatable bonds is 6. The topological polar surface area (TPSA) is 87.8 Å². The van der Waals surface area contributed by atoms with Crippen LogP contribution in [0.1, 0.15) is 33.4 Å². The van der Waals surface area contributed by atoms with Crippen molar-refractivity contribution in [2.24, 2.45) is 0 Å². The van der Waals surface area contributed by atoms with E-state index in [1.54, 1.807) is 51.9 Å². The lowest BCUT2D eigenvalue weighted by molar-refractivity contribution is 0.0714. The monoisotopic (exact) mass is 536 g/mol. The van der Waals surface area contributed by atoms with Gasteiger partial charge in [-0.3, -0.25) is 14.4 Å². The Morgan fingerprint density at radius 3 is 2.47 bits per heavy atom. The van der Waals surface area contributed by atoms with Crippen LogP contribution in [0.4, 0.5) is 10.1 Å². The van der Waals surface area contributed by atoms with Crippen LogP contribution in [-0.4, -0.2) is 47.5 Å². The zero-order valence-electron chi connectivity index (χ0n) is 20.7. The number of amides is 2. The van der Waals surface area contributed by atoms with Gasteiger partial charge in [-0.25, -0.2) is 4.39 Å². The molecule has 38 heavy (non-hydrogen) atoms. The number of nitrogens with one attached hydrogen (secondary N) is 1. The molecule has 0 radical (unpaired) electrons. The molecule has 1 aliphatic rings. The molecular formula is C28H26ClFN4O4. The van der Waals surface area contributed by atoms with E-state index in [1.165, 1.54) is 18.5 Å². The fourth-order valence-electron chi connectivity index (χ4n) is 4.65. The first-order valence-corrected chi connectivity index (χ1v) is 12.7. The molecule has 1 saturated heterocycles.